The van der Waals surface area contributed by atoms with Gasteiger partial charge in [-0.3, -0.25) is 4.79 Å². The molecule has 0 heterocycles. The Labute approximate surface area is 102 Å². The van der Waals surface area contributed by atoms with Gasteiger partial charge in [0.1, 0.15) is 6.29 Å². The number of aldehydes is 1. The summed E-state index contributed by atoms with van der Waals surface area (Å²) in [7, 11) is 0. The maximum Gasteiger partial charge on any atom is 0.150 e. The van der Waals surface area contributed by atoms with Crippen molar-refractivity contribution < 1.29 is 4.79 Å². The van der Waals surface area contributed by atoms with Crippen LogP contribution in [-0.2, 0) is 0 Å². The highest BCUT2D eigenvalue weighted by Crippen LogP contribution is 2.45. The van der Waals surface area contributed by atoms with Gasteiger partial charge in [0.15, 0.2) is 0 Å². The minimum Gasteiger partial charge on any atom is -0.298 e. The van der Waals surface area contributed by atoms with Crippen LogP contribution >= 0.6 is 0 Å². The lowest BCUT2D eigenvalue weighted by molar-refractivity contribution is 0.112. The van der Waals surface area contributed by atoms with E-state index in [1.807, 2.05) is 12.1 Å². The van der Waals surface area contributed by atoms with Crippen LogP contribution < -0.4 is 0 Å². The molecule has 3 rings (SSSR count). The third-order valence-electron chi connectivity index (χ3n) is 4.13. The fourth-order valence-corrected chi connectivity index (χ4v) is 2.92. The van der Waals surface area contributed by atoms with Crippen molar-refractivity contribution in [2.75, 3.05) is 0 Å². The lowest BCUT2D eigenvalue weighted by Crippen LogP contribution is -2.20. The molecule has 0 aromatic heterocycles. The number of hydrogen-bond acceptors (Lipinski definition) is 1. The average Bonchev–Trinajstić information content (AvgIpc) is 2.32. The van der Waals surface area contributed by atoms with Gasteiger partial charge in [-0.05, 0) is 29.9 Å². The number of allylic oxidation sites excluding steroid dienone is 4. The standard InChI is InChI=1S/C16H16O/c1-11-15(8-6-14-7-9-16(11)14)13-4-2-12(10-17)3-5-13/h2-6,8,10-11,15H,7,9H2,1H3. The van der Waals surface area contributed by atoms with Gasteiger partial charge in [-0.15, -0.1) is 0 Å². The molecule has 2 unspecified atom stereocenters. The van der Waals surface area contributed by atoms with E-state index in [1.165, 1.54) is 18.4 Å². The third kappa shape index (κ3) is 1.66. The minimum atomic E-state index is 0.481. The maximum atomic E-state index is 10.6. The van der Waals surface area contributed by atoms with Crippen LogP contribution in [0.3, 0.4) is 0 Å². The molecule has 0 aliphatic heterocycles. The van der Waals surface area contributed by atoms with E-state index in [2.05, 4.69) is 31.2 Å². The molecule has 86 valence electrons. The number of carbonyl (C=O) groups is 1. The highest BCUT2D eigenvalue weighted by Gasteiger charge is 2.29. The molecule has 0 amide bonds. The molecule has 1 aromatic rings. The molecular weight excluding hydrogens is 208 g/mol. The van der Waals surface area contributed by atoms with Gasteiger partial charge in [0.2, 0.25) is 0 Å². The van der Waals surface area contributed by atoms with Crippen molar-refractivity contribution in [2.45, 2.75) is 25.7 Å². The molecule has 1 aromatic carbocycles. The normalized spacial score (nSPS) is 26.4. The Morgan fingerprint density at radius 1 is 1.18 bits per heavy atom. The summed E-state index contributed by atoms with van der Waals surface area (Å²) in [5.41, 5.74) is 5.26. The number of carbonyl (C=O) groups excluding carboxylic acids is 1. The molecule has 0 spiro atoms. The van der Waals surface area contributed by atoms with Crippen molar-refractivity contribution in [3.05, 3.63) is 58.7 Å². The van der Waals surface area contributed by atoms with E-state index in [0.29, 0.717) is 11.8 Å². The summed E-state index contributed by atoms with van der Waals surface area (Å²) in [5.74, 6) is 1.10. The molecular formula is C16H16O. The fraction of sp³-hybridized carbons (Fsp3) is 0.312. The van der Waals surface area contributed by atoms with Crippen molar-refractivity contribution in [2.24, 2.45) is 5.92 Å². The van der Waals surface area contributed by atoms with E-state index < -0.39 is 0 Å². The van der Waals surface area contributed by atoms with Crippen molar-refractivity contribution in [1.29, 1.82) is 0 Å². The zero-order valence-electron chi connectivity index (χ0n) is 10.0. The molecule has 2 atom stereocenters. The maximum absolute atomic E-state index is 10.6. The van der Waals surface area contributed by atoms with Gasteiger partial charge in [-0.25, -0.2) is 0 Å². The minimum absolute atomic E-state index is 0.481. The molecule has 2 aliphatic rings. The Morgan fingerprint density at radius 2 is 1.94 bits per heavy atom. The average molecular weight is 224 g/mol. The highest BCUT2D eigenvalue weighted by molar-refractivity contribution is 5.74. The van der Waals surface area contributed by atoms with Gasteiger partial charge in [0.05, 0.1) is 0 Å². The van der Waals surface area contributed by atoms with Crippen LogP contribution in [0.25, 0.3) is 0 Å². The Hall–Kier alpha value is -1.63. The summed E-state index contributed by atoms with van der Waals surface area (Å²) < 4.78 is 0. The van der Waals surface area contributed by atoms with Crippen molar-refractivity contribution in [1.82, 2.24) is 0 Å². The number of rotatable bonds is 2. The van der Waals surface area contributed by atoms with Crippen LogP contribution in [0.4, 0.5) is 0 Å². The molecule has 0 saturated carbocycles. The molecule has 0 bridgehead atoms. The second kappa shape index (κ2) is 3.99. The molecule has 1 heteroatoms. The monoisotopic (exact) mass is 224 g/mol. The Morgan fingerprint density at radius 3 is 2.53 bits per heavy atom. The van der Waals surface area contributed by atoms with Crippen LogP contribution in [0.2, 0.25) is 0 Å². The largest absolute Gasteiger partial charge is 0.298 e. The van der Waals surface area contributed by atoms with Crippen molar-refractivity contribution in [3.63, 3.8) is 0 Å². The topological polar surface area (TPSA) is 17.1 Å². The Balaban J connectivity index is 1.89. The molecule has 1 nitrogen and oxygen atoms in total. The number of benzene rings is 1. The summed E-state index contributed by atoms with van der Waals surface area (Å²) in [6.45, 7) is 2.32. The smallest absolute Gasteiger partial charge is 0.150 e. The first-order valence-corrected chi connectivity index (χ1v) is 6.25. The van der Waals surface area contributed by atoms with Gasteiger partial charge in [0, 0.05) is 11.5 Å². The van der Waals surface area contributed by atoms with Crippen LogP contribution in [0.15, 0.2) is 47.6 Å². The zero-order chi connectivity index (χ0) is 11.8. The fourth-order valence-electron chi connectivity index (χ4n) is 2.92. The Bertz CT molecular complexity index is 505. The Kier molecular flexibility index (Phi) is 2.47. The second-order valence-electron chi connectivity index (χ2n) is 5.01. The first-order chi connectivity index (χ1) is 8.29. The number of hydrogen-bond donors (Lipinski definition) is 0. The molecule has 17 heavy (non-hydrogen) atoms. The lowest BCUT2D eigenvalue weighted by atomic mass is 9.69. The summed E-state index contributed by atoms with van der Waals surface area (Å²) >= 11 is 0. The summed E-state index contributed by atoms with van der Waals surface area (Å²) in [6, 6.07) is 7.99. The molecule has 0 N–H and O–H groups in total. The lowest BCUT2D eigenvalue weighted by Gasteiger charge is -2.35. The van der Waals surface area contributed by atoms with Gasteiger partial charge in [0.25, 0.3) is 0 Å². The van der Waals surface area contributed by atoms with Gasteiger partial charge >= 0.3 is 0 Å². The highest BCUT2D eigenvalue weighted by atomic mass is 16.1. The predicted octanol–water partition coefficient (Wildman–Crippen LogP) is 3.88. The second-order valence-corrected chi connectivity index (χ2v) is 5.01. The van der Waals surface area contributed by atoms with Gasteiger partial charge in [-0.1, -0.05) is 48.9 Å². The van der Waals surface area contributed by atoms with Crippen molar-refractivity contribution >= 4 is 6.29 Å². The van der Waals surface area contributed by atoms with E-state index in [0.717, 1.165) is 11.8 Å². The summed E-state index contributed by atoms with van der Waals surface area (Å²) in [5, 5.41) is 0. The van der Waals surface area contributed by atoms with E-state index in [-0.39, 0.29) is 0 Å². The molecule has 2 aliphatic carbocycles. The summed E-state index contributed by atoms with van der Waals surface area (Å²) in [6.07, 6.45) is 8.03. The first kappa shape index (κ1) is 10.5. The van der Waals surface area contributed by atoms with E-state index in [9.17, 15) is 4.79 Å². The van der Waals surface area contributed by atoms with Crippen molar-refractivity contribution in [3.8, 4) is 0 Å². The van der Waals surface area contributed by atoms with Crippen LogP contribution in [0.1, 0.15) is 41.6 Å². The van der Waals surface area contributed by atoms with Gasteiger partial charge in [-0.2, -0.15) is 0 Å². The van der Waals surface area contributed by atoms with Gasteiger partial charge < -0.3 is 0 Å². The SMILES string of the molecule is CC1C2=C(C=CC1c1ccc(C=O)cc1)CC2. The quantitative estimate of drug-likeness (QED) is 0.697. The van der Waals surface area contributed by atoms with Crippen LogP contribution in [0.5, 0.6) is 0 Å². The van der Waals surface area contributed by atoms with E-state index in [1.54, 1.807) is 11.1 Å². The summed E-state index contributed by atoms with van der Waals surface area (Å²) in [4.78, 5) is 10.6. The van der Waals surface area contributed by atoms with Crippen LogP contribution in [-0.4, -0.2) is 6.29 Å². The van der Waals surface area contributed by atoms with E-state index >= 15 is 0 Å². The van der Waals surface area contributed by atoms with E-state index in [4.69, 9.17) is 0 Å². The third-order valence-corrected chi connectivity index (χ3v) is 4.13. The molecule has 0 fully saturated rings. The zero-order valence-corrected chi connectivity index (χ0v) is 10.0. The molecule has 0 saturated heterocycles. The van der Waals surface area contributed by atoms with Crippen LogP contribution in [0, 0.1) is 5.92 Å². The molecule has 0 radical (unpaired) electrons. The first-order valence-electron chi connectivity index (χ1n) is 6.25. The predicted molar refractivity (Wildman–Crippen MR) is 69.1 cm³/mol.